The zero-order valence-electron chi connectivity index (χ0n) is 13.1. The summed E-state index contributed by atoms with van der Waals surface area (Å²) >= 11 is 12.0. The average Bonchev–Trinajstić information content (AvgIpc) is 2.91. The van der Waals surface area contributed by atoms with E-state index in [0.717, 1.165) is 11.1 Å². The van der Waals surface area contributed by atoms with Gasteiger partial charge in [-0.2, -0.15) is 5.26 Å². The number of rotatable bonds is 5. The van der Waals surface area contributed by atoms with Gasteiger partial charge in [0, 0.05) is 10.0 Å². The van der Waals surface area contributed by atoms with Crippen molar-refractivity contribution in [3.63, 3.8) is 0 Å². The molecule has 0 saturated heterocycles. The fraction of sp³-hybridized carbons (Fsp3) is 0.111. The third kappa shape index (κ3) is 3.87. The van der Waals surface area contributed by atoms with Gasteiger partial charge in [0.25, 0.3) is 5.88 Å². The first-order chi connectivity index (χ1) is 12.1. The van der Waals surface area contributed by atoms with Gasteiger partial charge in [-0.15, -0.1) is 5.10 Å². The van der Waals surface area contributed by atoms with Crippen molar-refractivity contribution in [3.05, 3.63) is 75.3 Å². The lowest BCUT2D eigenvalue weighted by molar-refractivity contribution is 0.289. The molecule has 25 heavy (non-hydrogen) atoms. The molecule has 3 aromatic rings. The zero-order valence-corrected chi connectivity index (χ0v) is 14.6. The molecular weight excluding hydrogens is 359 g/mol. The minimum atomic E-state index is 0.196. The van der Waals surface area contributed by atoms with E-state index >= 15 is 0 Å². The molecule has 0 fully saturated rings. The van der Waals surface area contributed by atoms with Crippen LogP contribution >= 0.6 is 23.2 Å². The molecule has 3 rings (SSSR count). The van der Waals surface area contributed by atoms with Gasteiger partial charge < -0.3 is 10.5 Å². The number of nitrogens with zero attached hydrogens (tertiary/aromatic N) is 3. The van der Waals surface area contributed by atoms with Crippen LogP contribution in [0, 0.1) is 11.3 Å². The van der Waals surface area contributed by atoms with E-state index in [1.54, 1.807) is 18.2 Å². The van der Waals surface area contributed by atoms with Crippen molar-refractivity contribution in [2.75, 3.05) is 5.73 Å². The molecule has 126 valence electrons. The number of nitrogens with two attached hydrogens (primary N) is 1. The Labute approximate surface area is 155 Å². The predicted octanol–water partition coefficient (Wildman–Crippen LogP) is 4.27. The summed E-state index contributed by atoms with van der Waals surface area (Å²) in [5, 5.41) is 14.9. The summed E-state index contributed by atoms with van der Waals surface area (Å²) in [5.41, 5.74) is 8.01. The number of benzene rings is 2. The Hall–Kier alpha value is -2.68. The first-order valence-corrected chi connectivity index (χ1v) is 8.21. The van der Waals surface area contributed by atoms with E-state index in [2.05, 4.69) is 5.10 Å². The van der Waals surface area contributed by atoms with Crippen molar-refractivity contribution in [1.82, 2.24) is 9.78 Å². The van der Waals surface area contributed by atoms with Crippen LogP contribution < -0.4 is 10.5 Å². The molecule has 0 atom stereocenters. The molecule has 0 aliphatic rings. The molecule has 0 amide bonds. The molecule has 0 saturated carbocycles. The van der Waals surface area contributed by atoms with Gasteiger partial charge in [-0.25, -0.2) is 4.68 Å². The molecule has 0 radical (unpaired) electrons. The van der Waals surface area contributed by atoms with Crippen molar-refractivity contribution in [2.45, 2.75) is 13.2 Å². The number of nitriles is 1. The minimum absolute atomic E-state index is 0.196. The summed E-state index contributed by atoms with van der Waals surface area (Å²) in [4.78, 5) is 0. The zero-order chi connectivity index (χ0) is 17.8. The summed E-state index contributed by atoms with van der Waals surface area (Å²) in [7, 11) is 0. The Morgan fingerprint density at radius 3 is 2.52 bits per heavy atom. The van der Waals surface area contributed by atoms with Crippen LogP contribution in [0.1, 0.15) is 16.7 Å². The number of hydrogen-bond acceptors (Lipinski definition) is 4. The van der Waals surface area contributed by atoms with Gasteiger partial charge in [0.1, 0.15) is 18.5 Å². The van der Waals surface area contributed by atoms with Crippen molar-refractivity contribution in [3.8, 4) is 11.9 Å². The quantitative estimate of drug-likeness (QED) is 0.725. The second kappa shape index (κ2) is 7.47. The van der Waals surface area contributed by atoms with E-state index in [9.17, 15) is 5.26 Å². The molecule has 7 heteroatoms. The van der Waals surface area contributed by atoms with Crippen LogP contribution in [0.15, 0.2) is 48.5 Å². The predicted molar refractivity (Wildman–Crippen MR) is 97.7 cm³/mol. The molecule has 2 N–H and O–H groups in total. The Morgan fingerprint density at radius 2 is 1.84 bits per heavy atom. The van der Waals surface area contributed by atoms with Crippen LogP contribution in [-0.4, -0.2) is 9.78 Å². The smallest absolute Gasteiger partial charge is 0.253 e. The number of anilines is 1. The van der Waals surface area contributed by atoms with Crippen LogP contribution in [0.3, 0.4) is 0 Å². The molecule has 5 nitrogen and oxygen atoms in total. The first-order valence-electron chi connectivity index (χ1n) is 7.45. The Kier molecular flexibility index (Phi) is 5.13. The van der Waals surface area contributed by atoms with E-state index < -0.39 is 0 Å². The third-order valence-corrected chi connectivity index (χ3v) is 4.26. The van der Waals surface area contributed by atoms with Crippen molar-refractivity contribution in [1.29, 1.82) is 5.26 Å². The monoisotopic (exact) mass is 372 g/mol. The molecule has 0 unspecified atom stereocenters. The maximum absolute atomic E-state index is 9.36. The van der Waals surface area contributed by atoms with Gasteiger partial charge in [-0.05, 0) is 29.3 Å². The van der Waals surface area contributed by atoms with Crippen LogP contribution in [0.5, 0.6) is 5.88 Å². The van der Waals surface area contributed by atoms with E-state index in [-0.39, 0.29) is 23.9 Å². The molecule has 1 heterocycles. The van der Waals surface area contributed by atoms with Gasteiger partial charge in [0.2, 0.25) is 0 Å². The van der Waals surface area contributed by atoms with Gasteiger partial charge in [0.15, 0.2) is 5.56 Å². The van der Waals surface area contributed by atoms with Crippen LogP contribution in [0.4, 0.5) is 5.82 Å². The molecule has 0 aliphatic heterocycles. The summed E-state index contributed by atoms with van der Waals surface area (Å²) < 4.78 is 7.18. The third-order valence-electron chi connectivity index (χ3n) is 3.64. The van der Waals surface area contributed by atoms with Crippen molar-refractivity contribution < 1.29 is 4.74 Å². The highest BCUT2D eigenvalue weighted by Gasteiger charge is 2.17. The number of nitrogen functional groups attached to an aromatic ring is 1. The van der Waals surface area contributed by atoms with Crippen molar-refractivity contribution >= 4 is 29.0 Å². The maximum Gasteiger partial charge on any atom is 0.253 e. The van der Waals surface area contributed by atoms with Gasteiger partial charge in [0.05, 0.1) is 6.54 Å². The second-order valence-corrected chi connectivity index (χ2v) is 6.19. The lowest BCUT2D eigenvalue weighted by Crippen LogP contribution is -2.06. The largest absolute Gasteiger partial charge is 0.471 e. The molecule has 0 spiro atoms. The molecule has 1 aromatic heterocycles. The van der Waals surface area contributed by atoms with E-state index in [1.807, 2.05) is 36.4 Å². The SMILES string of the molecule is N#Cc1c(OCc2ccc(Cl)cc2)nn(Cc2ccccc2Cl)c1N. The van der Waals surface area contributed by atoms with Gasteiger partial charge in [-0.3, -0.25) is 0 Å². The number of halogens is 2. The van der Waals surface area contributed by atoms with E-state index in [0.29, 0.717) is 16.6 Å². The normalized spacial score (nSPS) is 10.4. The molecular formula is C18H14Cl2N4O. The highest BCUT2D eigenvalue weighted by molar-refractivity contribution is 6.31. The van der Waals surface area contributed by atoms with Gasteiger partial charge in [-0.1, -0.05) is 53.5 Å². The highest BCUT2D eigenvalue weighted by atomic mass is 35.5. The number of hydrogen-bond donors (Lipinski definition) is 1. The average molecular weight is 373 g/mol. The first kappa shape index (κ1) is 17.2. The highest BCUT2D eigenvalue weighted by Crippen LogP contribution is 2.26. The summed E-state index contributed by atoms with van der Waals surface area (Å²) in [5.74, 6) is 0.440. The minimum Gasteiger partial charge on any atom is -0.471 e. The number of aromatic nitrogens is 2. The second-order valence-electron chi connectivity index (χ2n) is 5.34. The molecule has 0 bridgehead atoms. The van der Waals surface area contributed by atoms with Crippen molar-refractivity contribution in [2.24, 2.45) is 0 Å². The van der Waals surface area contributed by atoms with Crippen LogP contribution in [0.25, 0.3) is 0 Å². The molecule has 2 aromatic carbocycles. The summed E-state index contributed by atoms with van der Waals surface area (Å²) in [6, 6.07) is 16.7. The fourth-order valence-electron chi connectivity index (χ4n) is 2.30. The molecule has 0 aliphatic carbocycles. The summed E-state index contributed by atoms with van der Waals surface area (Å²) in [6.45, 7) is 0.610. The Morgan fingerprint density at radius 1 is 1.12 bits per heavy atom. The Bertz CT molecular complexity index is 929. The Balaban J connectivity index is 1.82. The van der Waals surface area contributed by atoms with E-state index in [4.69, 9.17) is 33.7 Å². The fourth-order valence-corrected chi connectivity index (χ4v) is 2.62. The standard InChI is InChI=1S/C18H14Cl2N4O/c19-14-7-5-12(6-8-14)11-25-18-15(9-21)17(22)24(23-18)10-13-3-1-2-4-16(13)20/h1-8H,10-11,22H2. The summed E-state index contributed by atoms with van der Waals surface area (Å²) in [6.07, 6.45) is 0. The topological polar surface area (TPSA) is 76.9 Å². The lowest BCUT2D eigenvalue weighted by atomic mass is 10.2. The van der Waals surface area contributed by atoms with Gasteiger partial charge >= 0.3 is 0 Å². The lowest BCUT2D eigenvalue weighted by Gasteiger charge is -2.06. The van der Waals surface area contributed by atoms with E-state index in [1.165, 1.54) is 4.68 Å². The number of ether oxygens (including phenoxy) is 1. The van der Waals surface area contributed by atoms with Crippen LogP contribution in [-0.2, 0) is 13.2 Å². The maximum atomic E-state index is 9.36. The van der Waals surface area contributed by atoms with Crippen LogP contribution in [0.2, 0.25) is 10.0 Å².